The van der Waals surface area contributed by atoms with Crippen molar-refractivity contribution in [1.82, 2.24) is 34.4 Å². The van der Waals surface area contributed by atoms with Crippen LogP contribution in [0, 0.1) is 5.41 Å². The molecule has 1 aromatic carbocycles. The Kier molecular flexibility index (Phi) is 8.41. The van der Waals surface area contributed by atoms with Gasteiger partial charge in [0.05, 0.1) is 17.4 Å². The summed E-state index contributed by atoms with van der Waals surface area (Å²) in [7, 11) is 3.54. The molecule has 1 atom stereocenters. The molecule has 1 amide bonds. The number of nitrogens with zero attached hydrogens (tertiary/aromatic N) is 8. The van der Waals surface area contributed by atoms with Crippen molar-refractivity contribution in [2.45, 2.75) is 67.0 Å². The highest BCUT2D eigenvalue weighted by Gasteiger charge is 2.46. The average Bonchev–Trinajstić information content (AvgIpc) is 3.84. The zero-order valence-electron chi connectivity index (χ0n) is 27.6. The molecule has 1 aliphatic heterocycles. The fourth-order valence-corrected chi connectivity index (χ4v) is 8.84. The Morgan fingerprint density at radius 1 is 1.04 bits per heavy atom. The molecule has 49 heavy (non-hydrogen) atoms. The summed E-state index contributed by atoms with van der Waals surface area (Å²) in [5.41, 5.74) is 11.0. The average molecular weight is 695 g/mol. The molecule has 1 spiro atoms. The van der Waals surface area contributed by atoms with Gasteiger partial charge in [0.1, 0.15) is 22.2 Å². The highest BCUT2D eigenvalue weighted by atomic mass is 35.5. The third-order valence-corrected chi connectivity index (χ3v) is 12.0. The molecule has 252 valence electrons. The number of rotatable bonds is 7. The summed E-state index contributed by atoms with van der Waals surface area (Å²) in [5.74, 6) is 1.63. The molecule has 11 nitrogen and oxygen atoms in total. The summed E-state index contributed by atoms with van der Waals surface area (Å²) in [4.78, 5) is 41.2. The third-order valence-electron chi connectivity index (χ3n) is 10.5. The number of fused-ring (bicyclic) bond motifs is 2. The summed E-state index contributed by atoms with van der Waals surface area (Å²) in [6.07, 6.45) is 14.5. The molecule has 5 aromatic rings. The summed E-state index contributed by atoms with van der Waals surface area (Å²) >= 11 is 8.30. The molecule has 0 bridgehead atoms. The normalized spacial score (nSPS) is 18.7. The lowest BCUT2D eigenvalue weighted by atomic mass is 9.73. The molecule has 0 radical (unpaired) electrons. The number of piperidine rings is 1. The van der Waals surface area contributed by atoms with E-state index in [1.807, 2.05) is 18.3 Å². The van der Waals surface area contributed by atoms with Gasteiger partial charge in [-0.05, 0) is 60.8 Å². The largest absolute Gasteiger partial charge is 0.355 e. The van der Waals surface area contributed by atoms with Crippen molar-refractivity contribution in [1.29, 1.82) is 0 Å². The Morgan fingerprint density at radius 3 is 2.57 bits per heavy atom. The predicted molar refractivity (Wildman–Crippen MR) is 193 cm³/mol. The highest BCUT2D eigenvalue weighted by molar-refractivity contribution is 7.99. The molecule has 1 saturated carbocycles. The number of pyridine rings is 1. The summed E-state index contributed by atoms with van der Waals surface area (Å²) in [5, 5.41) is 5.20. The maximum Gasteiger partial charge on any atom is 0.270 e. The second-order valence-corrected chi connectivity index (χ2v) is 15.1. The Labute approximate surface area is 294 Å². The van der Waals surface area contributed by atoms with Crippen LogP contribution < -0.4 is 16.0 Å². The molecular formula is C36H39ClN10OS. The second kappa shape index (κ2) is 12.9. The van der Waals surface area contributed by atoms with Crippen LogP contribution in [0.1, 0.15) is 72.2 Å². The first-order chi connectivity index (χ1) is 23.8. The molecule has 2 fully saturated rings. The minimum Gasteiger partial charge on any atom is -0.355 e. The number of halogens is 1. The van der Waals surface area contributed by atoms with Gasteiger partial charge in [-0.3, -0.25) is 4.79 Å². The molecule has 13 heteroatoms. The van der Waals surface area contributed by atoms with E-state index in [9.17, 15) is 4.79 Å². The van der Waals surface area contributed by atoms with Crippen molar-refractivity contribution >= 4 is 57.9 Å². The Morgan fingerprint density at radius 2 is 1.84 bits per heavy atom. The molecule has 1 saturated heterocycles. The summed E-state index contributed by atoms with van der Waals surface area (Å²) < 4.78 is 2.09. The third kappa shape index (κ3) is 5.89. The lowest BCUT2D eigenvalue weighted by Crippen LogP contribution is -2.44. The van der Waals surface area contributed by atoms with Crippen LogP contribution in [0.2, 0.25) is 5.02 Å². The summed E-state index contributed by atoms with van der Waals surface area (Å²) in [6, 6.07) is 12.7. The SMILES string of the molecule is CN(C)C(=O)c1cc2cnc(Nc3nccc(Sc4cnc(N5CCC6(CC5)Cc5ccccc5[C@H]6N)cn4)c3Cl)nc2n1C1CCCC1. The van der Waals surface area contributed by atoms with Crippen LogP contribution in [0.15, 0.2) is 71.1 Å². The topological polar surface area (TPSA) is 131 Å². The monoisotopic (exact) mass is 694 g/mol. The number of benzene rings is 1. The van der Waals surface area contributed by atoms with E-state index >= 15 is 0 Å². The number of aromatic nitrogens is 6. The number of hydrogen-bond acceptors (Lipinski definition) is 10. The van der Waals surface area contributed by atoms with Crippen LogP contribution in [-0.2, 0) is 6.42 Å². The van der Waals surface area contributed by atoms with E-state index < -0.39 is 0 Å². The molecule has 5 heterocycles. The Bertz CT molecular complexity index is 2020. The quantitative estimate of drug-likeness (QED) is 0.187. The van der Waals surface area contributed by atoms with E-state index in [1.54, 1.807) is 37.6 Å². The van der Waals surface area contributed by atoms with E-state index in [0.717, 1.165) is 84.8 Å². The van der Waals surface area contributed by atoms with Gasteiger partial charge in [-0.1, -0.05) is 60.5 Å². The number of carbonyl (C=O) groups excluding carboxylic acids is 1. The standard InChI is InChI=1S/C36H39ClN10OS/c1-45(2)34(48)26-17-23-19-42-35(44-33(23)47(26)24-8-4-5-9-24)43-32-30(37)27(11-14-39-32)49-29-21-40-28(20-41-29)46-15-12-36(13-16-46)18-22-7-3-6-10-25(22)31(36)38/h3,6-7,10-11,14,17,19-21,24,31H,4-5,8-9,12-13,15-16,18,38H2,1-2H3,(H,39,42,43,44)/t31-/m1/s1. The van der Waals surface area contributed by atoms with Gasteiger partial charge in [-0.2, -0.15) is 4.98 Å². The van der Waals surface area contributed by atoms with Crippen LogP contribution in [0.5, 0.6) is 0 Å². The molecule has 3 aliphatic rings. The van der Waals surface area contributed by atoms with Gasteiger partial charge < -0.3 is 25.4 Å². The van der Waals surface area contributed by atoms with Gasteiger partial charge in [-0.15, -0.1) is 0 Å². The van der Waals surface area contributed by atoms with Crippen LogP contribution >= 0.6 is 23.4 Å². The number of carbonyl (C=O) groups is 1. The minimum absolute atomic E-state index is 0.0468. The fraction of sp³-hybridized carbons (Fsp3) is 0.389. The van der Waals surface area contributed by atoms with Gasteiger partial charge >= 0.3 is 0 Å². The molecule has 8 rings (SSSR count). The van der Waals surface area contributed by atoms with Crippen LogP contribution in [0.4, 0.5) is 17.6 Å². The van der Waals surface area contributed by atoms with Gasteiger partial charge in [0.2, 0.25) is 5.95 Å². The number of hydrogen-bond donors (Lipinski definition) is 2. The molecule has 3 N–H and O–H groups in total. The maximum absolute atomic E-state index is 13.1. The van der Waals surface area contributed by atoms with Crippen molar-refractivity contribution in [3.63, 3.8) is 0 Å². The smallest absolute Gasteiger partial charge is 0.270 e. The van der Waals surface area contributed by atoms with Crippen molar-refractivity contribution in [2.24, 2.45) is 11.1 Å². The predicted octanol–water partition coefficient (Wildman–Crippen LogP) is 6.82. The number of anilines is 3. The Hall–Kier alpha value is -4.26. The van der Waals surface area contributed by atoms with Crippen molar-refractivity contribution in [3.8, 4) is 0 Å². The fourth-order valence-electron chi connectivity index (χ4n) is 7.82. The second-order valence-electron chi connectivity index (χ2n) is 13.6. The number of amides is 1. The van der Waals surface area contributed by atoms with Crippen LogP contribution in [0.25, 0.3) is 11.0 Å². The lowest BCUT2D eigenvalue weighted by Gasteiger charge is -2.42. The van der Waals surface area contributed by atoms with Crippen molar-refractivity contribution in [3.05, 3.63) is 83.0 Å². The zero-order valence-corrected chi connectivity index (χ0v) is 29.2. The van der Waals surface area contributed by atoms with Gasteiger partial charge in [-0.25, -0.2) is 19.9 Å². The van der Waals surface area contributed by atoms with E-state index in [2.05, 4.69) is 49.0 Å². The van der Waals surface area contributed by atoms with Crippen LogP contribution in [0.3, 0.4) is 0 Å². The summed E-state index contributed by atoms with van der Waals surface area (Å²) in [6.45, 7) is 1.81. The van der Waals surface area contributed by atoms with Crippen molar-refractivity contribution in [2.75, 3.05) is 37.4 Å². The zero-order chi connectivity index (χ0) is 33.7. The first-order valence-corrected chi connectivity index (χ1v) is 18.1. The number of nitrogens with one attached hydrogen (secondary N) is 1. The van der Waals surface area contributed by atoms with E-state index in [4.69, 9.17) is 32.3 Å². The maximum atomic E-state index is 13.1. The molecular weight excluding hydrogens is 656 g/mol. The molecule has 2 aliphatic carbocycles. The van der Waals surface area contributed by atoms with E-state index in [0.29, 0.717) is 22.5 Å². The Balaban J connectivity index is 0.960. The van der Waals surface area contributed by atoms with Crippen LogP contribution in [-0.4, -0.2) is 67.5 Å². The first-order valence-electron chi connectivity index (χ1n) is 16.9. The van der Waals surface area contributed by atoms with E-state index in [-0.39, 0.29) is 23.4 Å². The minimum atomic E-state index is -0.0468. The molecule has 0 unspecified atom stereocenters. The first kappa shape index (κ1) is 32.0. The van der Waals surface area contributed by atoms with E-state index in [1.165, 1.54) is 22.9 Å². The molecule has 4 aromatic heterocycles. The number of nitrogens with two attached hydrogens (primary N) is 1. The van der Waals surface area contributed by atoms with Gasteiger partial charge in [0.25, 0.3) is 5.91 Å². The highest BCUT2D eigenvalue weighted by Crippen LogP contribution is 2.51. The van der Waals surface area contributed by atoms with Gasteiger partial charge in [0.15, 0.2) is 5.82 Å². The lowest BCUT2D eigenvalue weighted by molar-refractivity contribution is 0.0815. The van der Waals surface area contributed by atoms with Gasteiger partial charge in [0, 0.05) is 61.9 Å². The van der Waals surface area contributed by atoms with Crippen molar-refractivity contribution < 1.29 is 4.79 Å².